The standard InChI is InChI=1S/C15H20ClNO3/c1-17(9-13(18)10-3-4-10)15(19)8-11-7-12(16)5-6-14(11)20-2/h5-7,10,13,18H,3-4,8-9H2,1-2H3. The van der Waals surface area contributed by atoms with Crippen LogP contribution in [0.3, 0.4) is 0 Å². The highest BCUT2D eigenvalue weighted by Gasteiger charge is 2.31. The Bertz CT molecular complexity index is 488. The summed E-state index contributed by atoms with van der Waals surface area (Å²) in [5, 5.41) is 10.5. The number of hydrogen-bond acceptors (Lipinski definition) is 3. The van der Waals surface area contributed by atoms with Crippen LogP contribution < -0.4 is 4.74 Å². The van der Waals surface area contributed by atoms with E-state index in [4.69, 9.17) is 16.3 Å². The van der Waals surface area contributed by atoms with Crippen LogP contribution >= 0.6 is 11.6 Å². The Kier molecular flexibility index (Phi) is 4.89. The van der Waals surface area contributed by atoms with E-state index in [0.29, 0.717) is 23.2 Å². The smallest absolute Gasteiger partial charge is 0.226 e. The van der Waals surface area contributed by atoms with Crippen LogP contribution in [0.4, 0.5) is 0 Å². The second-order valence-electron chi connectivity index (χ2n) is 5.31. The first-order valence-electron chi connectivity index (χ1n) is 6.75. The second-order valence-corrected chi connectivity index (χ2v) is 5.75. The molecule has 20 heavy (non-hydrogen) atoms. The van der Waals surface area contributed by atoms with Gasteiger partial charge in [-0.25, -0.2) is 0 Å². The van der Waals surface area contributed by atoms with Crippen LogP contribution in [0.25, 0.3) is 0 Å². The summed E-state index contributed by atoms with van der Waals surface area (Å²) in [6.07, 6.45) is 1.93. The van der Waals surface area contributed by atoms with Gasteiger partial charge in [-0.15, -0.1) is 0 Å². The number of hydrogen-bond donors (Lipinski definition) is 1. The number of rotatable bonds is 6. The summed E-state index contributed by atoms with van der Waals surface area (Å²) in [4.78, 5) is 13.8. The summed E-state index contributed by atoms with van der Waals surface area (Å²) in [5.74, 6) is 0.968. The third-order valence-electron chi connectivity index (χ3n) is 3.64. The molecule has 1 amide bonds. The molecular formula is C15H20ClNO3. The highest BCUT2D eigenvalue weighted by Crippen LogP contribution is 2.32. The highest BCUT2D eigenvalue weighted by molar-refractivity contribution is 6.30. The van der Waals surface area contributed by atoms with Crippen LogP contribution in [0.1, 0.15) is 18.4 Å². The SMILES string of the molecule is COc1ccc(Cl)cc1CC(=O)N(C)CC(O)C1CC1. The van der Waals surface area contributed by atoms with Gasteiger partial charge in [0.25, 0.3) is 0 Å². The number of carbonyl (C=O) groups is 1. The van der Waals surface area contributed by atoms with Crippen molar-refractivity contribution >= 4 is 17.5 Å². The average molecular weight is 298 g/mol. The molecule has 0 spiro atoms. The van der Waals surface area contributed by atoms with Crippen LogP contribution in [0.5, 0.6) is 5.75 Å². The molecule has 0 saturated heterocycles. The molecule has 0 radical (unpaired) electrons. The van der Waals surface area contributed by atoms with Gasteiger partial charge in [0.2, 0.25) is 5.91 Å². The van der Waals surface area contributed by atoms with Crippen molar-refractivity contribution in [2.45, 2.75) is 25.4 Å². The van der Waals surface area contributed by atoms with E-state index in [2.05, 4.69) is 0 Å². The fraction of sp³-hybridized carbons (Fsp3) is 0.533. The number of amides is 1. The number of methoxy groups -OCH3 is 1. The van der Waals surface area contributed by atoms with Crippen LogP contribution in [0.2, 0.25) is 5.02 Å². The summed E-state index contributed by atoms with van der Waals surface area (Å²) in [5.41, 5.74) is 0.762. The molecule has 5 heteroatoms. The summed E-state index contributed by atoms with van der Waals surface area (Å²) in [6.45, 7) is 0.381. The molecule has 2 rings (SSSR count). The Hall–Kier alpha value is -1.26. The van der Waals surface area contributed by atoms with Crippen molar-refractivity contribution in [3.8, 4) is 5.75 Å². The van der Waals surface area contributed by atoms with Crippen LogP contribution in [0.15, 0.2) is 18.2 Å². The Labute approximate surface area is 124 Å². The van der Waals surface area contributed by atoms with Gasteiger partial charge in [-0.2, -0.15) is 0 Å². The lowest BCUT2D eigenvalue weighted by Gasteiger charge is -2.21. The zero-order valence-corrected chi connectivity index (χ0v) is 12.6. The largest absolute Gasteiger partial charge is 0.496 e. The van der Waals surface area contributed by atoms with Gasteiger partial charge in [0.1, 0.15) is 5.75 Å². The molecule has 1 aliphatic rings. The number of benzene rings is 1. The van der Waals surface area contributed by atoms with Crippen molar-refractivity contribution in [2.24, 2.45) is 5.92 Å². The zero-order chi connectivity index (χ0) is 14.7. The average Bonchev–Trinajstić information content (AvgIpc) is 3.23. The van der Waals surface area contributed by atoms with Gasteiger partial charge >= 0.3 is 0 Å². The molecule has 1 unspecified atom stereocenters. The van der Waals surface area contributed by atoms with Crippen molar-refractivity contribution in [1.29, 1.82) is 0 Å². The number of carbonyl (C=O) groups excluding carboxylic acids is 1. The first-order chi connectivity index (χ1) is 9.51. The molecule has 1 aromatic rings. The fourth-order valence-corrected chi connectivity index (χ4v) is 2.39. The van der Waals surface area contributed by atoms with Gasteiger partial charge in [0, 0.05) is 24.2 Å². The number of aliphatic hydroxyl groups is 1. The lowest BCUT2D eigenvalue weighted by Crippen LogP contribution is -2.36. The van der Waals surface area contributed by atoms with E-state index in [9.17, 15) is 9.90 Å². The number of halogens is 1. The third-order valence-corrected chi connectivity index (χ3v) is 3.87. The van der Waals surface area contributed by atoms with Gasteiger partial charge in [-0.05, 0) is 37.0 Å². The maximum absolute atomic E-state index is 12.2. The van der Waals surface area contributed by atoms with Gasteiger partial charge in [-0.1, -0.05) is 11.6 Å². The fourth-order valence-electron chi connectivity index (χ4n) is 2.20. The van der Waals surface area contributed by atoms with Crippen LogP contribution in [-0.4, -0.2) is 42.7 Å². The van der Waals surface area contributed by atoms with E-state index < -0.39 is 6.10 Å². The predicted octanol–water partition coefficient (Wildman–Crippen LogP) is 2.12. The Morgan fingerprint density at radius 3 is 2.85 bits per heavy atom. The molecule has 1 N–H and O–H groups in total. The Morgan fingerprint density at radius 1 is 1.55 bits per heavy atom. The van der Waals surface area contributed by atoms with E-state index in [1.807, 2.05) is 0 Å². The van der Waals surface area contributed by atoms with Gasteiger partial charge < -0.3 is 14.7 Å². The zero-order valence-electron chi connectivity index (χ0n) is 11.8. The second kappa shape index (κ2) is 6.46. The van der Waals surface area contributed by atoms with Crippen molar-refractivity contribution in [2.75, 3.05) is 20.7 Å². The van der Waals surface area contributed by atoms with Crippen LogP contribution in [0, 0.1) is 5.92 Å². The molecule has 1 aliphatic carbocycles. The van der Waals surface area contributed by atoms with E-state index in [-0.39, 0.29) is 12.3 Å². The van der Waals surface area contributed by atoms with Crippen molar-refractivity contribution in [3.05, 3.63) is 28.8 Å². The lowest BCUT2D eigenvalue weighted by atomic mass is 10.1. The maximum atomic E-state index is 12.2. The lowest BCUT2D eigenvalue weighted by molar-refractivity contribution is -0.130. The minimum Gasteiger partial charge on any atom is -0.496 e. The monoisotopic (exact) mass is 297 g/mol. The van der Waals surface area contributed by atoms with E-state index in [1.165, 1.54) is 0 Å². The summed E-state index contributed by atoms with van der Waals surface area (Å²) >= 11 is 5.95. The molecule has 0 aromatic heterocycles. The number of ether oxygens (including phenoxy) is 1. The minimum absolute atomic E-state index is 0.0507. The van der Waals surface area contributed by atoms with Crippen LogP contribution in [-0.2, 0) is 11.2 Å². The number of aliphatic hydroxyl groups excluding tert-OH is 1. The minimum atomic E-state index is -0.412. The molecule has 1 saturated carbocycles. The van der Waals surface area contributed by atoms with Gasteiger partial charge in [0.15, 0.2) is 0 Å². The number of nitrogens with zero attached hydrogens (tertiary/aromatic N) is 1. The number of likely N-dealkylation sites (N-methyl/N-ethyl adjacent to an activating group) is 1. The molecule has 1 aromatic carbocycles. The highest BCUT2D eigenvalue weighted by atomic mass is 35.5. The van der Waals surface area contributed by atoms with E-state index in [0.717, 1.165) is 18.4 Å². The molecule has 1 fully saturated rings. The predicted molar refractivity (Wildman–Crippen MR) is 78.1 cm³/mol. The molecule has 0 bridgehead atoms. The first-order valence-corrected chi connectivity index (χ1v) is 7.13. The summed E-state index contributed by atoms with van der Waals surface area (Å²) < 4.78 is 5.23. The molecule has 1 atom stereocenters. The Morgan fingerprint density at radius 2 is 2.25 bits per heavy atom. The van der Waals surface area contributed by atoms with Crippen molar-refractivity contribution in [1.82, 2.24) is 4.90 Å². The van der Waals surface area contributed by atoms with Gasteiger partial charge in [0.05, 0.1) is 19.6 Å². The topological polar surface area (TPSA) is 49.8 Å². The van der Waals surface area contributed by atoms with Gasteiger partial charge in [-0.3, -0.25) is 4.79 Å². The van der Waals surface area contributed by atoms with E-state index >= 15 is 0 Å². The van der Waals surface area contributed by atoms with Crippen molar-refractivity contribution in [3.63, 3.8) is 0 Å². The molecule has 0 heterocycles. The van der Waals surface area contributed by atoms with Crippen molar-refractivity contribution < 1.29 is 14.6 Å². The quantitative estimate of drug-likeness (QED) is 0.875. The Balaban J connectivity index is 1.97. The molecule has 4 nitrogen and oxygen atoms in total. The summed E-state index contributed by atoms with van der Waals surface area (Å²) in [7, 11) is 3.28. The summed E-state index contributed by atoms with van der Waals surface area (Å²) in [6, 6.07) is 5.22. The third kappa shape index (κ3) is 3.87. The molecular weight excluding hydrogens is 278 g/mol. The first kappa shape index (κ1) is 15.1. The maximum Gasteiger partial charge on any atom is 0.226 e. The normalized spacial score (nSPS) is 15.8. The molecule has 0 aliphatic heterocycles. The molecule has 110 valence electrons. The van der Waals surface area contributed by atoms with E-state index in [1.54, 1.807) is 37.3 Å².